The Morgan fingerprint density at radius 1 is 1.15 bits per heavy atom. The molecule has 0 bridgehead atoms. The van der Waals surface area contributed by atoms with Gasteiger partial charge in [-0.2, -0.15) is 0 Å². The summed E-state index contributed by atoms with van der Waals surface area (Å²) in [7, 11) is 0. The largest absolute Gasteiger partial charge is 0.385 e. The fraction of sp³-hybridized carbons (Fsp3) is 0.667. The third-order valence-corrected chi connectivity index (χ3v) is 3.53. The second-order valence-corrected chi connectivity index (χ2v) is 6.92. The molecule has 1 unspecified atom stereocenters. The van der Waals surface area contributed by atoms with Crippen molar-refractivity contribution in [2.75, 3.05) is 13.1 Å². The van der Waals surface area contributed by atoms with E-state index in [1.54, 1.807) is 0 Å². The minimum absolute atomic E-state index is 0.642. The number of rotatable bonds is 8. The molecular weight excluding hydrogens is 246 g/mol. The van der Waals surface area contributed by atoms with E-state index in [1.165, 1.54) is 5.56 Å². The first-order chi connectivity index (χ1) is 9.31. The summed E-state index contributed by atoms with van der Waals surface area (Å²) in [5, 5.41) is 14.1. The van der Waals surface area contributed by atoms with E-state index in [2.05, 4.69) is 51.2 Å². The van der Waals surface area contributed by atoms with Crippen molar-refractivity contribution in [2.24, 2.45) is 11.8 Å². The molecule has 1 rings (SSSR count). The number of nitrogens with one attached hydrogen (secondary N) is 1. The average Bonchev–Trinajstić information content (AvgIpc) is 2.34. The predicted octanol–water partition coefficient (Wildman–Crippen LogP) is 3.73. The van der Waals surface area contributed by atoms with Gasteiger partial charge in [0.2, 0.25) is 0 Å². The Bertz CT molecular complexity index is 396. The van der Waals surface area contributed by atoms with Crippen LogP contribution in [0.4, 0.5) is 0 Å². The summed E-state index contributed by atoms with van der Waals surface area (Å²) >= 11 is 0. The van der Waals surface area contributed by atoms with Crippen LogP contribution in [0.3, 0.4) is 0 Å². The molecule has 0 fully saturated rings. The summed E-state index contributed by atoms with van der Waals surface area (Å²) in [5.41, 5.74) is 1.59. The topological polar surface area (TPSA) is 32.3 Å². The van der Waals surface area contributed by atoms with Crippen LogP contribution >= 0.6 is 0 Å². The molecule has 114 valence electrons. The normalized spacial score (nSPS) is 14.8. The van der Waals surface area contributed by atoms with Crippen LogP contribution < -0.4 is 5.32 Å². The van der Waals surface area contributed by atoms with Crippen LogP contribution in [0.15, 0.2) is 24.3 Å². The third kappa shape index (κ3) is 6.06. The Labute approximate surface area is 124 Å². The predicted molar refractivity (Wildman–Crippen MR) is 86.9 cm³/mol. The van der Waals surface area contributed by atoms with Gasteiger partial charge in [-0.15, -0.1) is 0 Å². The highest BCUT2D eigenvalue weighted by Crippen LogP contribution is 2.25. The number of hydrogen-bond donors (Lipinski definition) is 2. The van der Waals surface area contributed by atoms with E-state index in [-0.39, 0.29) is 0 Å². The summed E-state index contributed by atoms with van der Waals surface area (Å²) < 4.78 is 0. The number of benzene rings is 1. The summed E-state index contributed by atoms with van der Waals surface area (Å²) in [6.45, 7) is 12.6. The van der Waals surface area contributed by atoms with Crippen LogP contribution in [0.25, 0.3) is 0 Å². The molecule has 0 aromatic heterocycles. The molecule has 2 N–H and O–H groups in total. The summed E-state index contributed by atoms with van der Waals surface area (Å²) in [5.74, 6) is 1.29. The lowest BCUT2D eigenvalue weighted by Crippen LogP contribution is -2.29. The molecule has 1 aromatic carbocycles. The van der Waals surface area contributed by atoms with Crippen molar-refractivity contribution < 1.29 is 5.11 Å². The van der Waals surface area contributed by atoms with Gasteiger partial charge in [-0.1, -0.05) is 52.0 Å². The molecule has 0 saturated heterocycles. The summed E-state index contributed by atoms with van der Waals surface area (Å²) in [4.78, 5) is 0. The van der Waals surface area contributed by atoms with Crippen molar-refractivity contribution in [3.63, 3.8) is 0 Å². The van der Waals surface area contributed by atoms with Gasteiger partial charge in [-0.3, -0.25) is 0 Å². The van der Waals surface area contributed by atoms with Gasteiger partial charge in [-0.25, -0.2) is 0 Å². The maximum Gasteiger partial charge on any atom is 0.0880 e. The SMILES string of the molecule is CC(C)CNCCC(C)(O)c1cccc(CC(C)C)c1. The van der Waals surface area contributed by atoms with E-state index >= 15 is 0 Å². The first kappa shape index (κ1) is 17.2. The van der Waals surface area contributed by atoms with Gasteiger partial charge >= 0.3 is 0 Å². The molecule has 2 nitrogen and oxygen atoms in total. The van der Waals surface area contributed by atoms with E-state index < -0.39 is 5.60 Å². The van der Waals surface area contributed by atoms with Crippen LogP contribution in [0, 0.1) is 11.8 Å². The molecule has 2 heteroatoms. The van der Waals surface area contributed by atoms with E-state index in [1.807, 2.05) is 13.0 Å². The minimum atomic E-state index is -0.753. The molecule has 1 aromatic rings. The van der Waals surface area contributed by atoms with Crippen molar-refractivity contribution in [3.8, 4) is 0 Å². The lowest BCUT2D eigenvalue weighted by atomic mass is 9.90. The highest BCUT2D eigenvalue weighted by Gasteiger charge is 2.22. The van der Waals surface area contributed by atoms with Crippen LogP contribution in [0.1, 0.15) is 52.2 Å². The van der Waals surface area contributed by atoms with Crippen molar-refractivity contribution in [1.29, 1.82) is 0 Å². The minimum Gasteiger partial charge on any atom is -0.385 e. The molecule has 0 aliphatic carbocycles. The first-order valence-electron chi connectivity index (χ1n) is 7.84. The quantitative estimate of drug-likeness (QED) is 0.710. The average molecular weight is 277 g/mol. The Kier molecular flexibility index (Phi) is 6.70. The lowest BCUT2D eigenvalue weighted by Gasteiger charge is -2.25. The van der Waals surface area contributed by atoms with E-state index in [9.17, 15) is 5.11 Å². The maximum atomic E-state index is 10.7. The molecule has 0 amide bonds. The number of hydrogen-bond acceptors (Lipinski definition) is 2. The summed E-state index contributed by atoms with van der Waals surface area (Å²) in [6.07, 6.45) is 1.81. The first-order valence-corrected chi connectivity index (χ1v) is 7.84. The highest BCUT2D eigenvalue weighted by molar-refractivity contribution is 5.28. The van der Waals surface area contributed by atoms with Crippen LogP contribution in [0.5, 0.6) is 0 Å². The molecule has 0 aliphatic rings. The zero-order valence-corrected chi connectivity index (χ0v) is 13.7. The second-order valence-electron chi connectivity index (χ2n) is 6.92. The maximum absolute atomic E-state index is 10.7. The van der Waals surface area contributed by atoms with Crippen LogP contribution in [-0.4, -0.2) is 18.2 Å². The van der Waals surface area contributed by atoms with Gasteiger partial charge in [0.05, 0.1) is 5.60 Å². The smallest absolute Gasteiger partial charge is 0.0880 e. The fourth-order valence-corrected chi connectivity index (χ4v) is 2.37. The zero-order valence-electron chi connectivity index (χ0n) is 13.7. The molecule has 0 saturated carbocycles. The van der Waals surface area contributed by atoms with E-state index in [0.717, 1.165) is 31.5 Å². The standard InChI is InChI=1S/C18H31NO/c1-14(2)11-16-7-6-8-17(12-16)18(5,20)9-10-19-13-15(3)4/h6-8,12,14-15,19-20H,9-11,13H2,1-5H3. The molecule has 0 aliphatic heterocycles. The number of aliphatic hydroxyl groups is 1. The van der Waals surface area contributed by atoms with E-state index in [4.69, 9.17) is 0 Å². The molecule has 0 radical (unpaired) electrons. The lowest BCUT2D eigenvalue weighted by molar-refractivity contribution is 0.0477. The fourth-order valence-electron chi connectivity index (χ4n) is 2.37. The van der Waals surface area contributed by atoms with Gasteiger partial charge in [0, 0.05) is 0 Å². The van der Waals surface area contributed by atoms with Crippen LogP contribution in [-0.2, 0) is 12.0 Å². The van der Waals surface area contributed by atoms with Gasteiger partial charge in [0.25, 0.3) is 0 Å². The Morgan fingerprint density at radius 2 is 1.85 bits per heavy atom. The second kappa shape index (κ2) is 7.80. The van der Waals surface area contributed by atoms with E-state index in [0.29, 0.717) is 11.8 Å². The van der Waals surface area contributed by atoms with Crippen molar-refractivity contribution in [3.05, 3.63) is 35.4 Å². The zero-order chi connectivity index (χ0) is 15.2. The van der Waals surface area contributed by atoms with Gasteiger partial charge < -0.3 is 10.4 Å². The Balaban J connectivity index is 2.61. The van der Waals surface area contributed by atoms with Gasteiger partial charge in [0.15, 0.2) is 0 Å². The van der Waals surface area contributed by atoms with Crippen molar-refractivity contribution in [1.82, 2.24) is 5.32 Å². The summed E-state index contributed by atoms with van der Waals surface area (Å²) in [6, 6.07) is 8.40. The van der Waals surface area contributed by atoms with Gasteiger partial charge in [-0.05, 0) is 55.8 Å². The molecule has 0 heterocycles. The van der Waals surface area contributed by atoms with Crippen LogP contribution in [0.2, 0.25) is 0 Å². The molecule has 1 atom stereocenters. The van der Waals surface area contributed by atoms with Crippen molar-refractivity contribution >= 4 is 0 Å². The monoisotopic (exact) mass is 277 g/mol. The molecular formula is C18H31NO. The molecule has 20 heavy (non-hydrogen) atoms. The Morgan fingerprint density at radius 3 is 2.45 bits per heavy atom. The molecule has 0 spiro atoms. The highest BCUT2D eigenvalue weighted by atomic mass is 16.3. The third-order valence-electron chi connectivity index (χ3n) is 3.53. The van der Waals surface area contributed by atoms with Crippen molar-refractivity contribution in [2.45, 2.75) is 53.1 Å². The Hall–Kier alpha value is -0.860. The van der Waals surface area contributed by atoms with Gasteiger partial charge in [0.1, 0.15) is 0 Å².